The van der Waals surface area contributed by atoms with Gasteiger partial charge in [0.15, 0.2) is 11.5 Å². The zero-order chi connectivity index (χ0) is 22.2. The number of likely N-dealkylation sites (tertiary alicyclic amines) is 1. The van der Waals surface area contributed by atoms with E-state index in [9.17, 15) is 4.79 Å². The second kappa shape index (κ2) is 11.5. The molecule has 2 heterocycles. The van der Waals surface area contributed by atoms with Gasteiger partial charge in [-0.15, -0.1) is 0 Å². The zero-order valence-corrected chi connectivity index (χ0v) is 19.5. The maximum absolute atomic E-state index is 12.7. The average molecular weight is 431 g/mol. The summed E-state index contributed by atoms with van der Waals surface area (Å²) in [7, 11) is 0. The van der Waals surface area contributed by atoms with Crippen molar-refractivity contribution < 1.29 is 19.0 Å². The van der Waals surface area contributed by atoms with E-state index in [4.69, 9.17) is 14.2 Å². The molecule has 0 saturated carbocycles. The molecule has 2 unspecified atom stereocenters. The van der Waals surface area contributed by atoms with Gasteiger partial charge in [-0.25, -0.2) is 0 Å². The quantitative estimate of drug-likeness (QED) is 0.587. The van der Waals surface area contributed by atoms with Crippen molar-refractivity contribution >= 4 is 12.0 Å². The molecule has 0 radical (unpaired) electrons. The summed E-state index contributed by atoms with van der Waals surface area (Å²) in [6.07, 6.45) is 6.29. The van der Waals surface area contributed by atoms with Gasteiger partial charge in [-0.3, -0.25) is 9.69 Å². The first-order valence-corrected chi connectivity index (χ1v) is 11.7. The monoisotopic (exact) mass is 430 g/mol. The summed E-state index contributed by atoms with van der Waals surface area (Å²) in [5.74, 6) is 2.19. The van der Waals surface area contributed by atoms with Crippen LogP contribution in [0.25, 0.3) is 6.08 Å². The molecule has 2 aliphatic rings. The number of carbonyl (C=O) groups is 1. The topological polar surface area (TPSA) is 51.2 Å². The van der Waals surface area contributed by atoms with E-state index in [2.05, 4.69) is 18.7 Å². The van der Waals surface area contributed by atoms with Crippen LogP contribution < -0.4 is 9.47 Å². The van der Waals surface area contributed by atoms with Gasteiger partial charge in [-0.2, -0.15) is 0 Å². The highest BCUT2D eigenvalue weighted by Gasteiger charge is 2.27. The summed E-state index contributed by atoms with van der Waals surface area (Å²) >= 11 is 0. The molecule has 1 aromatic carbocycles. The lowest BCUT2D eigenvalue weighted by molar-refractivity contribution is -0.127. The highest BCUT2D eigenvalue weighted by atomic mass is 16.5. The van der Waals surface area contributed by atoms with Gasteiger partial charge in [0, 0.05) is 38.8 Å². The van der Waals surface area contributed by atoms with Crippen LogP contribution in [-0.4, -0.2) is 73.9 Å². The Bertz CT molecular complexity index is 733. The van der Waals surface area contributed by atoms with Crippen LogP contribution in [0.5, 0.6) is 11.5 Å². The van der Waals surface area contributed by atoms with Crippen LogP contribution in [0.1, 0.15) is 46.1 Å². The van der Waals surface area contributed by atoms with E-state index < -0.39 is 0 Å². The Hall–Kier alpha value is -2.05. The molecule has 2 aliphatic heterocycles. The smallest absolute Gasteiger partial charge is 0.246 e. The van der Waals surface area contributed by atoms with E-state index in [0.717, 1.165) is 56.9 Å². The third-order valence-electron chi connectivity index (χ3n) is 5.92. The normalized spacial score (nSPS) is 23.3. The minimum atomic E-state index is 0.0823. The fraction of sp³-hybridized carbons (Fsp3) is 0.640. The first-order chi connectivity index (χ1) is 15.0. The van der Waals surface area contributed by atoms with Gasteiger partial charge in [0.1, 0.15) is 0 Å². The van der Waals surface area contributed by atoms with Crippen LogP contribution in [0.4, 0.5) is 0 Å². The number of amides is 1. The number of carbonyl (C=O) groups excluding carboxylic acids is 1. The Morgan fingerprint density at radius 3 is 2.35 bits per heavy atom. The Morgan fingerprint density at radius 2 is 1.71 bits per heavy atom. The molecule has 6 heteroatoms. The van der Waals surface area contributed by atoms with Crippen LogP contribution in [0.3, 0.4) is 0 Å². The summed E-state index contributed by atoms with van der Waals surface area (Å²) < 4.78 is 17.1. The number of hydrogen-bond donors (Lipinski definition) is 0. The number of ether oxygens (including phenoxy) is 3. The third-order valence-corrected chi connectivity index (χ3v) is 5.92. The number of hydrogen-bond acceptors (Lipinski definition) is 5. The van der Waals surface area contributed by atoms with Gasteiger partial charge >= 0.3 is 0 Å². The fourth-order valence-electron chi connectivity index (χ4n) is 4.58. The second-order valence-electron chi connectivity index (χ2n) is 8.65. The summed E-state index contributed by atoms with van der Waals surface area (Å²) in [5, 5.41) is 0. The molecule has 1 amide bonds. The molecule has 0 bridgehead atoms. The van der Waals surface area contributed by atoms with Crippen molar-refractivity contribution in [1.29, 1.82) is 0 Å². The van der Waals surface area contributed by atoms with Crippen LogP contribution in [0, 0.1) is 5.92 Å². The van der Waals surface area contributed by atoms with Crippen LogP contribution in [0.2, 0.25) is 0 Å². The summed E-state index contributed by atoms with van der Waals surface area (Å²) in [5.41, 5.74) is 0.936. The maximum Gasteiger partial charge on any atom is 0.246 e. The van der Waals surface area contributed by atoms with Crippen molar-refractivity contribution in [3.63, 3.8) is 0 Å². The van der Waals surface area contributed by atoms with Gasteiger partial charge in [-0.1, -0.05) is 6.07 Å². The van der Waals surface area contributed by atoms with Crippen molar-refractivity contribution in [3.8, 4) is 11.5 Å². The molecule has 2 fully saturated rings. The van der Waals surface area contributed by atoms with Gasteiger partial charge < -0.3 is 19.1 Å². The minimum absolute atomic E-state index is 0.0823. The third kappa shape index (κ3) is 6.97. The Labute approximate surface area is 187 Å². The number of benzene rings is 1. The molecule has 2 saturated heterocycles. The van der Waals surface area contributed by atoms with E-state index in [-0.39, 0.29) is 5.91 Å². The van der Waals surface area contributed by atoms with Crippen LogP contribution >= 0.6 is 0 Å². The van der Waals surface area contributed by atoms with Crippen molar-refractivity contribution in [1.82, 2.24) is 9.80 Å². The predicted molar refractivity (Wildman–Crippen MR) is 124 cm³/mol. The molecule has 1 aromatic rings. The van der Waals surface area contributed by atoms with Crippen molar-refractivity contribution in [3.05, 3.63) is 29.8 Å². The van der Waals surface area contributed by atoms with E-state index in [1.807, 2.05) is 43.0 Å². The highest BCUT2D eigenvalue weighted by molar-refractivity contribution is 5.91. The number of rotatable bonds is 8. The second-order valence-corrected chi connectivity index (χ2v) is 8.65. The lowest BCUT2D eigenvalue weighted by Gasteiger charge is -2.39. The summed E-state index contributed by atoms with van der Waals surface area (Å²) in [4.78, 5) is 17.2. The molecular formula is C25H38N2O4. The summed E-state index contributed by atoms with van der Waals surface area (Å²) in [6, 6.07) is 5.78. The van der Waals surface area contributed by atoms with Gasteiger partial charge in [0.05, 0.1) is 25.4 Å². The number of piperidine rings is 1. The van der Waals surface area contributed by atoms with Gasteiger partial charge in [-0.05, 0) is 70.2 Å². The standard InChI is InChI=1S/C25H38N2O4/c1-5-29-23-9-7-21(15-24(23)30-6-2)8-10-25(28)27-13-11-22(12-14-27)18-26-16-19(3)31-20(4)17-26/h7-10,15,19-20,22H,5-6,11-14,16-18H2,1-4H3/b10-8+. The molecular weight excluding hydrogens is 392 g/mol. The molecule has 172 valence electrons. The maximum atomic E-state index is 12.7. The minimum Gasteiger partial charge on any atom is -0.490 e. The molecule has 2 atom stereocenters. The van der Waals surface area contributed by atoms with E-state index in [1.54, 1.807) is 6.08 Å². The highest BCUT2D eigenvalue weighted by Crippen LogP contribution is 2.29. The van der Waals surface area contributed by atoms with Crippen molar-refractivity contribution in [2.24, 2.45) is 5.92 Å². The first-order valence-electron chi connectivity index (χ1n) is 11.7. The van der Waals surface area contributed by atoms with Gasteiger partial charge in [0.2, 0.25) is 5.91 Å². The first kappa shape index (κ1) is 23.6. The molecule has 0 aliphatic carbocycles. The predicted octanol–water partition coefficient (Wildman–Crippen LogP) is 3.85. The molecule has 0 aromatic heterocycles. The molecule has 0 N–H and O–H groups in total. The molecule has 31 heavy (non-hydrogen) atoms. The van der Waals surface area contributed by atoms with Gasteiger partial charge in [0.25, 0.3) is 0 Å². The lowest BCUT2D eigenvalue weighted by Crippen LogP contribution is -2.48. The van der Waals surface area contributed by atoms with Crippen LogP contribution in [-0.2, 0) is 9.53 Å². The Kier molecular flexibility index (Phi) is 8.79. The number of morpholine rings is 1. The molecule has 3 rings (SSSR count). The Morgan fingerprint density at radius 1 is 1.06 bits per heavy atom. The fourth-order valence-corrected chi connectivity index (χ4v) is 4.58. The summed E-state index contributed by atoms with van der Waals surface area (Å²) in [6.45, 7) is 14.2. The number of nitrogens with zero attached hydrogens (tertiary/aromatic N) is 2. The van der Waals surface area contributed by atoms with E-state index >= 15 is 0 Å². The van der Waals surface area contributed by atoms with Crippen LogP contribution in [0.15, 0.2) is 24.3 Å². The SMILES string of the molecule is CCOc1ccc(/C=C/C(=O)N2CCC(CN3CC(C)OC(C)C3)CC2)cc1OCC. The van der Waals surface area contributed by atoms with Crippen molar-refractivity contribution in [2.75, 3.05) is 45.9 Å². The van der Waals surface area contributed by atoms with Crippen molar-refractivity contribution in [2.45, 2.75) is 52.7 Å². The molecule has 6 nitrogen and oxygen atoms in total. The average Bonchev–Trinajstić information content (AvgIpc) is 2.74. The Balaban J connectivity index is 1.49. The van der Waals surface area contributed by atoms with E-state index in [1.165, 1.54) is 0 Å². The lowest BCUT2D eigenvalue weighted by atomic mass is 9.95. The van der Waals surface area contributed by atoms with E-state index in [0.29, 0.717) is 37.1 Å². The molecule has 0 spiro atoms. The largest absolute Gasteiger partial charge is 0.490 e. The zero-order valence-electron chi connectivity index (χ0n) is 19.5.